The lowest BCUT2D eigenvalue weighted by Gasteiger charge is -2.19. The lowest BCUT2D eigenvalue weighted by Crippen LogP contribution is -2.34. The molecule has 0 radical (unpaired) electrons. The third-order valence-corrected chi connectivity index (χ3v) is 3.25. The summed E-state index contributed by atoms with van der Waals surface area (Å²) in [6.45, 7) is 5.51. The van der Waals surface area contributed by atoms with Crippen LogP contribution in [0.3, 0.4) is 0 Å². The quantitative estimate of drug-likeness (QED) is 0.870. The molecule has 0 spiro atoms. The van der Waals surface area contributed by atoms with Crippen molar-refractivity contribution < 1.29 is 19.1 Å². The summed E-state index contributed by atoms with van der Waals surface area (Å²) in [6.07, 6.45) is 0.498. The predicted octanol–water partition coefficient (Wildman–Crippen LogP) is 2.85. The fraction of sp³-hybridized carbons (Fsp3) is 0.500. The van der Waals surface area contributed by atoms with E-state index in [9.17, 15) is 9.59 Å². The summed E-state index contributed by atoms with van der Waals surface area (Å²) >= 11 is 0. The van der Waals surface area contributed by atoms with E-state index < -0.39 is 5.60 Å². The minimum absolute atomic E-state index is 0.101. The van der Waals surface area contributed by atoms with Crippen LogP contribution in [0.5, 0.6) is 0 Å². The Bertz CT molecular complexity index is 530. The third-order valence-electron chi connectivity index (χ3n) is 3.25. The number of amides is 1. The maximum absolute atomic E-state index is 11.7. The molecule has 0 bridgehead atoms. The van der Waals surface area contributed by atoms with Crippen LogP contribution in [0.15, 0.2) is 24.3 Å². The standard InChI is InChI=1S/C16H21NO4/c1-16(2,3)21-15(19)17-13-9-12(13)10-5-7-11(8-6-10)14(18)20-4/h5-8,12-13H,9H2,1-4H3,(H,17,19)/t12-,13+/m0/s1. The first-order valence-electron chi connectivity index (χ1n) is 6.98. The number of esters is 1. The van der Waals surface area contributed by atoms with Gasteiger partial charge in [-0.1, -0.05) is 12.1 Å². The number of benzene rings is 1. The van der Waals surface area contributed by atoms with Crippen molar-refractivity contribution in [3.8, 4) is 0 Å². The topological polar surface area (TPSA) is 64.6 Å². The van der Waals surface area contributed by atoms with Gasteiger partial charge < -0.3 is 14.8 Å². The molecular weight excluding hydrogens is 270 g/mol. The molecule has 21 heavy (non-hydrogen) atoms. The summed E-state index contributed by atoms with van der Waals surface area (Å²) in [7, 11) is 1.36. The van der Waals surface area contributed by atoms with E-state index in [1.54, 1.807) is 12.1 Å². The molecule has 5 nitrogen and oxygen atoms in total. The molecule has 1 aromatic rings. The maximum Gasteiger partial charge on any atom is 0.407 e. The summed E-state index contributed by atoms with van der Waals surface area (Å²) in [5.74, 6) is -0.0648. The summed E-state index contributed by atoms with van der Waals surface area (Å²) in [5, 5.41) is 2.85. The highest BCUT2D eigenvalue weighted by molar-refractivity contribution is 5.89. The molecular formula is C16H21NO4. The summed E-state index contributed by atoms with van der Waals surface area (Å²) < 4.78 is 9.89. The van der Waals surface area contributed by atoms with Gasteiger partial charge in [0.25, 0.3) is 0 Å². The van der Waals surface area contributed by atoms with E-state index in [1.165, 1.54) is 7.11 Å². The molecule has 2 atom stereocenters. The number of nitrogens with one attached hydrogen (secondary N) is 1. The van der Waals surface area contributed by atoms with Gasteiger partial charge in [-0.05, 0) is 44.9 Å². The summed E-state index contributed by atoms with van der Waals surface area (Å²) in [5.41, 5.74) is 1.14. The molecule has 5 heteroatoms. The number of hydrogen-bond acceptors (Lipinski definition) is 4. The molecule has 0 aliphatic heterocycles. The highest BCUT2D eigenvalue weighted by Crippen LogP contribution is 2.40. The van der Waals surface area contributed by atoms with Crippen LogP contribution >= 0.6 is 0 Å². The Hall–Kier alpha value is -2.04. The average Bonchev–Trinajstić information content (AvgIpc) is 3.15. The molecule has 1 aliphatic carbocycles. The molecule has 0 unspecified atom stereocenters. The fourth-order valence-corrected chi connectivity index (χ4v) is 2.17. The van der Waals surface area contributed by atoms with Crippen molar-refractivity contribution in [2.75, 3.05) is 7.11 Å². The first kappa shape index (κ1) is 15.4. The third kappa shape index (κ3) is 4.21. The van der Waals surface area contributed by atoms with Crippen LogP contribution in [0.4, 0.5) is 4.79 Å². The number of methoxy groups -OCH3 is 1. The van der Waals surface area contributed by atoms with Crippen LogP contribution in [-0.2, 0) is 9.47 Å². The van der Waals surface area contributed by atoms with Gasteiger partial charge in [-0.25, -0.2) is 9.59 Å². The molecule has 1 aromatic carbocycles. The van der Waals surface area contributed by atoms with Gasteiger partial charge in [-0.15, -0.1) is 0 Å². The zero-order chi connectivity index (χ0) is 15.6. The van der Waals surface area contributed by atoms with Gasteiger partial charge in [0.15, 0.2) is 0 Å². The van der Waals surface area contributed by atoms with Crippen molar-refractivity contribution in [1.29, 1.82) is 0 Å². The monoisotopic (exact) mass is 291 g/mol. The van der Waals surface area contributed by atoms with E-state index >= 15 is 0 Å². The zero-order valence-electron chi connectivity index (χ0n) is 12.8. The molecule has 1 aliphatic rings. The lowest BCUT2D eigenvalue weighted by molar-refractivity contribution is 0.0521. The molecule has 0 heterocycles. The number of alkyl carbamates (subject to hydrolysis) is 1. The number of ether oxygens (including phenoxy) is 2. The Morgan fingerprint density at radius 2 is 1.81 bits per heavy atom. The van der Waals surface area contributed by atoms with Crippen molar-refractivity contribution >= 4 is 12.1 Å². The number of carbonyl (C=O) groups is 2. The molecule has 1 saturated carbocycles. The minimum atomic E-state index is -0.489. The maximum atomic E-state index is 11.7. The molecule has 0 saturated heterocycles. The minimum Gasteiger partial charge on any atom is -0.465 e. The Labute approximate surface area is 124 Å². The van der Waals surface area contributed by atoms with E-state index in [-0.39, 0.29) is 24.0 Å². The highest BCUT2D eigenvalue weighted by Gasteiger charge is 2.40. The zero-order valence-corrected chi connectivity index (χ0v) is 12.8. The Morgan fingerprint density at radius 1 is 1.19 bits per heavy atom. The van der Waals surface area contributed by atoms with Crippen LogP contribution in [0.25, 0.3) is 0 Å². The van der Waals surface area contributed by atoms with Crippen molar-refractivity contribution in [1.82, 2.24) is 5.32 Å². The van der Waals surface area contributed by atoms with Gasteiger partial charge in [0.05, 0.1) is 12.7 Å². The highest BCUT2D eigenvalue weighted by atomic mass is 16.6. The van der Waals surface area contributed by atoms with Crippen LogP contribution in [0, 0.1) is 0 Å². The van der Waals surface area contributed by atoms with Crippen LogP contribution in [-0.4, -0.2) is 30.8 Å². The Morgan fingerprint density at radius 3 is 2.33 bits per heavy atom. The molecule has 1 amide bonds. The second-order valence-electron chi connectivity index (χ2n) is 6.21. The Kier molecular flexibility index (Phi) is 4.21. The van der Waals surface area contributed by atoms with Crippen molar-refractivity contribution in [3.63, 3.8) is 0 Å². The normalized spacial score (nSPS) is 20.6. The molecule has 0 aromatic heterocycles. The van der Waals surface area contributed by atoms with Crippen LogP contribution < -0.4 is 5.32 Å². The van der Waals surface area contributed by atoms with Crippen LogP contribution in [0.2, 0.25) is 0 Å². The van der Waals surface area contributed by atoms with Gasteiger partial charge in [-0.2, -0.15) is 0 Å². The molecule has 1 fully saturated rings. The summed E-state index contributed by atoms with van der Waals surface area (Å²) in [4.78, 5) is 23.0. The average molecular weight is 291 g/mol. The van der Waals surface area contributed by atoms with Crippen LogP contribution in [0.1, 0.15) is 49.0 Å². The fourth-order valence-electron chi connectivity index (χ4n) is 2.17. The van der Waals surface area contributed by atoms with E-state index in [0.29, 0.717) is 5.56 Å². The van der Waals surface area contributed by atoms with Gasteiger partial charge in [-0.3, -0.25) is 0 Å². The van der Waals surface area contributed by atoms with Gasteiger partial charge >= 0.3 is 12.1 Å². The number of hydrogen-bond donors (Lipinski definition) is 1. The predicted molar refractivity (Wildman–Crippen MR) is 78.3 cm³/mol. The van der Waals surface area contributed by atoms with Crippen molar-refractivity contribution in [3.05, 3.63) is 35.4 Å². The number of rotatable bonds is 3. The molecule has 1 N–H and O–H groups in total. The largest absolute Gasteiger partial charge is 0.465 e. The second-order valence-corrected chi connectivity index (χ2v) is 6.21. The first-order chi connectivity index (χ1) is 9.80. The van der Waals surface area contributed by atoms with Gasteiger partial charge in [0.2, 0.25) is 0 Å². The van der Waals surface area contributed by atoms with E-state index in [4.69, 9.17) is 4.74 Å². The van der Waals surface area contributed by atoms with E-state index in [1.807, 2.05) is 32.9 Å². The Balaban J connectivity index is 1.88. The first-order valence-corrected chi connectivity index (χ1v) is 6.98. The van der Waals surface area contributed by atoms with E-state index in [0.717, 1.165) is 12.0 Å². The lowest BCUT2D eigenvalue weighted by atomic mass is 10.1. The number of carbonyl (C=O) groups excluding carboxylic acids is 2. The van der Waals surface area contributed by atoms with E-state index in [2.05, 4.69) is 10.1 Å². The SMILES string of the molecule is COC(=O)c1ccc([C@@H]2C[C@H]2NC(=O)OC(C)(C)C)cc1. The molecule has 2 rings (SSSR count). The van der Waals surface area contributed by atoms with Crippen molar-refractivity contribution in [2.24, 2.45) is 0 Å². The van der Waals surface area contributed by atoms with Gasteiger partial charge in [0.1, 0.15) is 5.60 Å². The second kappa shape index (κ2) is 5.76. The van der Waals surface area contributed by atoms with Gasteiger partial charge in [0, 0.05) is 12.0 Å². The summed E-state index contributed by atoms with van der Waals surface area (Å²) in [6, 6.07) is 7.37. The van der Waals surface area contributed by atoms with Crippen molar-refractivity contribution in [2.45, 2.75) is 44.8 Å². The smallest absolute Gasteiger partial charge is 0.407 e. The molecule has 114 valence electrons.